The summed E-state index contributed by atoms with van der Waals surface area (Å²) in [5, 5.41) is 19.9. The highest BCUT2D eigenvalue weighted by molar-refractivity contribution is 5.45. The molecule has 35 heavy (non-hydrogen) atoms. The van der Waals surface area contributed by atoms with Crippen molar-refractivity contribution in [3.8, 4) is 11.5 Å². The van der Waals surface area contributed by atoms with Crippen LogP contribution in [0.15, 0.2) is 30.3 Å². The number of hydrogen-bond donors (Lipinski definition) is 2. The Hall–Kier alpha value is -1.96. The molecule has 2 N–H and O–H groups in total. The minimum atomic E-state index is 0.207. The van der Waals surface area contributed by atoms with Crippen LogP contribution in [0.2, 0.25) is 0 Å². The quantitative estimate of drug-likeness (QED) is 0.461. The zero-order chi connectivity index (χ0) is 26.1. The Bertz CT molecular complexity index is 1000. The molecule has 2 heteroatoms. The molecule has 0 radical (unpaired) electrons. The second-order valence-corrected chi connectivity index (χ2v) is 12.1. The Balaban J connectivity index is 0.000000199. The third kappa shape index (κ3) is 5.42. The van der Waals surface area contributed by atoms with E-state index in [9.17, 15) is 10.2 Å². The van der Waals surface area contributed by atoms with Crippen molar-refractivity contribution in [3.05, 3.63) is 58.1 Å². The van der Waals surface area contributed by atoms with Crippen LogP contribution in [0.3, 0.4) is 0 Å². The van der Waals surface area contributed by atoms with E-state index in [-0.39, 0.29) is 5.41 Å². The van der Waals surface area contributed by atoms with Gasteiger partial charge >= 0.3 is 0 Å². The maximum atomic E-state index is 10.5. The van der Waals surface area contributed by atoms with E-state index in [2.05, 4.69) is 52.8 Å². The molecule has 3 aliphatic rings. The van der Waals surface area contributed by atoms with Gasteiger partial charge in [0.15, 0.2) is 0 Å². The molecule has 2 bridgehead atoms. The van der Waals surface area contributed by atoms with Crippen LogP contribution in [0.1, 0.15) is 107 Å². The molecule has 3 aliphatic carbocycles. The lowest BCUT2D eigenvalue weighted by atomic mass is 9.71. The highest BCUT2D eigenvalue weighted by atomic mass is 16.3. The van der Waals surface area contributed by atoms with E-state index >= 15 is 0 Å². The topological polar surface area (TPSA) is 40.5 Å². The van der Waals surface area contributed by atoms with Crippen molar-refractivity contribution in [1.82, 2.24) is 0 Å². The first-order valence-corrected chi connectivity index (χ1v) is 14.1. The van der Waals surface area contributed by atoms with Gasteiger partial charge in [0.25, 0.3) is 0 Å². The summed E-state index contributed by atoms with van der Waals surface area (Å²) in [4.78, 5) is 0. The number of aromatic hydroxyl groups is 2. The molecular formula is C33H50O2. The second kappa shape index (κ2) is 11.0. The SMILES string of the molecule is CC.CCC(C)(C)c1ccc(O)c(C)c1.Cc1cc(C)c(O)c(C2CCC3C4CC(C)C(C4)C23)c1. The summed E-state index contributed by atoms with van der Waals surface area (Å²) in [6.45, 7) is 19.2. The predicted octanol–water partition coefficient (Wildman–Crippen LogP) is 9.21. The number of fused-ring (bicyclic) bond motifs is 5. The molecule has 5 rings (SSSR count). The van der Waals surface area contributed by atoms with E-state index in [4.69, 9.17) is 0 Å². The van der Waals surface area contributed by atoms with Gasteiger partial charge in [-0.1, -0.05) is 71.4 Å². The number of phenolic OH excluding ortho intramolecular Hbond substituents is 2. The van der Waals surface area contributed by atoms with Crippen LogP contribution in [-0.4, -0.2) is 10.2 Å². The summed E-state index contributed by atoms with van der Waals surface area (Å²) < 4.78 is 0. The van der Waals surface area contributed by atoms with Crippen LogP contribution < -0.4 is 0 Å². The third-order valence-electron chi connectivity index (χ3n) is 9.59. The van der Waals surface area contributed by atoms with Gasteiger partial charge in [-0.25, -0.2) is 0 Å². The van der Waals surface area contributed by atoms with E-state index < -0.39 is 0 Å². The van der Waals surface area contributed by atoms with Gasteiger partial charge in [-0.2, -0.15) is 0 Å². The molecule has 6 atom stereocenters. The van der Waals surface area contributed by atoms with Crippen LogP contribution in [0.25, 0.3) is 0 Å². The fourth-order valence-corrected chi connectivity index (χ4v) is 7.36. The molecule has 0 amide bonds. The van der Waals surface area contributed by atoms with Crippen molar-refractivity contribution < 1.29 is 10.2 Å². The monoisotopic (exact) mass is 478 g/mol. The molecule has 0 heterocycles. The standard InChI is InChI=1S/C19H26O.C12H18O.C2H6/c1-10-6-12(3)19(20)17(7-10)15-5-4-14-13-8-11(2)16(9-13)18(14)15;1-5-12(3,4)10-6-7-11(13)9(2)8-10;1-2/h6-7,11,13-16,18,20H,4-5,8-9H2,1-3H3;6-8,13H,5H2,1-4H3;1-2H3. The van der Waals surface area contributed by atoms with Crippen molar-refractivity contribution in [2.75, 3.05) is 0 Å². The number of rotatable bonds is 3. The zero-order valence-corrected chi connectivity index (χ0v) is 23.8. The van der Waals surface area contributed by atoms with Crippen LogP contribution in [0, 0.1) is 50.4 Å². The zero-order valence-electron chi connectivity index (χ0n) is 23.8. The van der Waals surface area contributed by atoms with Crippen LogP contribution >= 0.6 is 0 Å². The van der Waals surface area contributed by atoms with Gasteiger partial charge < -0.3 is 10.2 Å². The number of benzene rings is 2. The normalized spacial score (nSPS) is 28.6. The number of aryl methyl sites for hydroxylation is 3. The molecule has 3 fully saturated rings. The summed E-state index contributed by atoms with van der Waals surface area (Å²) in [7, 11) is 0. The molecule has 6 unspecified atom stereocenters. The molecule has 2 aromatic carbocycles. The maximum absolute atomic E-state index is 10.5. The van der Waals surface area contributed by atoms with E-state index in [0.717, 1.165) is 47.1 Å². The summed E-state index contributed by atoms with van der Waals surface area (Å²) in [6, 6.07) is 10.2. The highest BCUT2D eigenvalue weighted by Crippen LogP contribution is 2.65. The molecule has 2 nitrogen and oxygen atoms in total. The Labute approximate surface area is 215 Å². The minimum Gasteiger partial charge on any atom is -0.508 e. The van der Waals surface area contributed by atoms with Crippen LogP contribution in [-0.2, 0) is 5.41 Å². The van der Waals surface area contributed by atoms with Crippen molar-refractivity contribution in [3.63, 3.8) is 0 Å². The van der Waals surface area contributed by atoms with Gasteiger partial charge in [0.05, 0.1) is 0 Å². The lowest BCUT2D eigenvalue weighted by Gasteiger charge is -2.33. The Morgan fingerprint density at radius 2 is 1.57 bits per heavy atom. The smallest absolute Gasteiger partial charge is 0.121 e. The average molecular weight is 479 g/mol. The van der Waals surface area contributed by atoms with E-state index in [1.165, 1.54) is 42.4 Å². The first kappa shape index (κ1) is 27.6. The molecule has 194 valence electrons. The average Bonchev–Trinajstić information content (AvgIpc) is 3.52. The minimum absolute atomic E-state index is 0.207. The van der Waals surface area contributed by atoms with Crippen LogP contribution in [0.5, 0.6) is 11.5 Å². The molecule has 0 aliphatic heterocycles. The fraction of sp³-hybridized carbons (Fsp3) is 0.636. The van der Waals surface area contributed by atoms with Crippen molar-refractivity contribution in [2.45, 2.75) is 106 Å². The van der Waals surface area contributed by atoms with Gasteiger partial charge in [0, 0.05) is 0 Å². The van der Waals surface area contributed by atoms with Gasteiger partial charge in [0.2, 0.25) is 0 Å². The summed E-state index contributed by atoms with van der Waals surface area (Å²) in [6.07, 6.45) is 6.74. The van der Waals surface area contributed by atoms with E-state index in [1.54, 1.807) is 6.07 Å². The second-order valence-electron chi connectivity index (χ2n) is 12.1. The summed E-state index contributed by atoms with van der Waals surface area (Å²) in [5.74, 6) is 6.24. The lowest BCUT2D eigenvalue weighted by Crippen LogP contribution is -2.26. The van der Waals surface area contributed by atoms with Crippen molar-refractivity contribution in [1.29, 1.82) is 0 Å². The molecule has 2 aromatic rings. The highest BCUT2D eigenvalue weighted by Gasteiger charge is 2.56. The lowest BCUT2D eigenvalue weighted by molar-refractivity contribution is 0.186. The van der Waals surface area contributed by atoms with Crippen molar-refractivity contribution in [2.24, 2.45) is 29.6 Å². The third-order valence-corrected chi connectivity index (χ3v) is 9.59. The largest absolute Gasteiger partial charge is 0.508 e. The Morgan fingerprint density at radius 3 is 2.20 bits per heavy atom. The van der Waals surface area contributed by atoms with Gasteiger partial charge in [-0.3, -0.25) is 0 Å². The molecule has 0 spiro atoms. The predicted molar refractivity (Wildman–Crippen MR) is 149 cm³/mol. The van der Waals surface area contributed by atoms with E-state index in [1.807, 2.05) is 33.8 Å². The van der Waals surface area contributed by atoms with Gasteiger partial charge in [-0.05, 0) is 122 Å². The first-order valence-electron chi connectivity index (χ1n) is 14.1. The van der Waals surface area contributed by atoms with Gasteiger partial charge in [0.1, 0.15) is 11.5 Å². The molecule has 0 aromatic heterocycles. The fourth-order valence-electron chi connectivity index (χ4n) is 7.36. The summed E-state index contributed by atoms with van der Waals surface area (Å²) in [5.41, 5.74) is 6.08. The van der Waals surface area contributed by atoms with Crippen LogP contribution in [0.4, 0.5) is 0 Å². The number of hydrogen-bond acceptors (Lipinski definition) is 2. The molecule has 3 saturated carbocycles. The first-order chi connectivity index (χ1) is 16.5. The number of phenols is 2. The Kier molecular flexibility index (Phi) is 8.66. The maximum Gasteiger partial charge on any atom is 0.121 e. The van der Waals surface area contributed by atoms with Gasteiger partial charge in [-0.15, -0.1) is 0 Å². The summed E-state index contributed by atoms with van der Waals surface area (Å²) >= 11 is 0. The molecule has 0 saturated heterocycles. The Morgan fingerprint density at radius 1 is 0.886 bits per heavy atom. The van der Waals surface area contributed by atoms with E-state index in [0.29, 0.717) is 17.4 Å². The van der Waals surface area contributed by atoms with Crippen molar-refractivity contribution >= 4 is 0 Å². The molecular weight excluding hydrogens is 428 g/mol.